The predicted molar refractivity (Wildman–Crippen MR) is 147 cm³/mol. The molecule has 200 valence electrons. The van der Waals surface area contributed by atoms with Crippen molar-refractivity contribution < 1.29 is 19.1 Å². The van der Waals surface area contributed by atoms with Gasteiger partial charge in [0.1, 0.15) is 0 Å². The molecule has 0 radical (unpaired) electrons. The zero-order valence-electron chi connectivity index (χ0n) is 20.8. The summed E-state index contributed by atoms with van der Waals surface area (Å²) in [6, 6.07) is 6.06. The van der Waals surface area contributed by atoms with Crippen molar-refractivity contribution in [3.63, 3.8) is 0 Å². The molecule has 2 aromatic rings. The number of ketones is 1. The van der Waals surface area contributed by atoms with Gasteiger partial charge in [0.2, 0.25) is 9.70 Å². The van der Waals surface area contributed by atoms with Crippen LogP contribution in [0, 0.1) is 5.41 Å². The highest BCUT2D eigenvalue weighted by atomic mass is 35.6. The number of hydrogen-bond acceptors (Lipinski definition) is 6. The number of alkyl carbamates (subject to hydrolysis) is 1. The predicted octanol–water partition coefficient (Wildman–Crippen LogP) is 4.49. The Balaban J connectivity index is 1.75. The fraction of sp³-hybridized carbons (Fsp3) is 0.423. The van der Waals surface area contributed by atoms with Gasteiger partial charge in [-0.15, -0.1) is 0 Å². The molecule has 0 spiro atoms. The number of H-pyrrole nitrogens is 1. The number of aromatic nitrogens is 1. The molecular weight excluding hydrogens is 539 g/mol. The van der Waals surface area contributed by atoms with Crippen molar-refractivity contribution in [2.24, 2.45) is 11.1 Å². The molecule has 0 saturated heterocycles. The summed E-state index contributed by atoms with van der Waals surface area (Å²) in [5.41, 5.74) is 5.79. The van der Waals surface area contributed by atoms with Crippen LogP contribution in [0.4, 0.5) is 4.79 Å². The number of hydrogen-bond donors (Lipinski definition) is 4. The van der Waals surface area contributed by atoms with Crippen LogP contribution in [0.15, 0.2) is 54.8 Å². The van der Waals surface area contributed by atoms with Gasteiger partial charge in [0.25, 0.3) is 0 Å². The molecule has 2 unspecified atom stereocenters. The number of imide groups is 1. The van der Waals surface area contributed by atoms with Crippen LogP contribution < -0.4 is 16.4 Å². The lowest BCUT2D eigenvalue weighted by atomic mass is 9.70. The molecule has 3 atom stereocenters. The number of rotatable bonds is 9. The number of nitrogens with one attached hydrogen (secondary N) is 3. The molecule has 11 heteroatoms. The number of aromatic amines is 1. The summed E-state index contributed by atoms with van der Waals surface area (Å²) >= 11 is 17.6. The van der Waals surface area contributed by atoms with E-state index in [0.717, 1.165) is 16.5 Å². The summed E-state index contributed by atoms with van der Waals surface area (Å²) in [6.07, 6.45) is 8.77. The minimum absolute atomic E-state index is 0.0672. The molecule has 2 amide bonds. The van der Waals surface area contributed by atoms with Crippen LogP contribution in [0.2, 0.25) is 0 Å². The zero-order chi connectivity index (χ0) is 27.4. The van der Waals surface area contributed by atoms with Crippen LogP contribution in [0.3, 0.4) is 0 Å². The molecule has 3 rings (SSSR count). The molecule has 37 heavy (non-hydrogen) atoms. The smallest absolute Gasteiger partial charge is 0.414 e. The summed E-state index contributed by atoms with van der Waals surface area (Å²) in [4.78, 5) is 42.3. The number of carbonyl (C=O) groups excluding carboxylic acids is 3. The summed E-state index contributed by atoms with van der Waals surface area (Å²) in [6.45, 7) is 2.81. The van der Waals surface area contributed by atoms with Crippen LogP contribution in [0.25, 0.3) is 10.9 Å². The van der Waals surface area contributed by atoms with Crippen molar-refractivity contribution in [3.05, 3.63) is 60.3 Å². The van der Waals surface area contributed by atoms with Crippen LogP contribution in [-0.4, -0.2) is 51.3 Å². The maximum Gasteiger partial charge on any atom is 0.414 e. The van der Waals surface area contributed by atoms with Gasteiger partial charge in [0.05, 0.1) is 17.5 Å². The zero-order valence-corrected chi connectivity index (χ0v) is 23.1. The molecule has 1 aromatic heterocycles. The first kappa shape index (κ1) is 29.2. The minimum atomic E-state index is -1.91. The third-order valence-corrected chi connectivity index (χ3v) is 7.94. The first-order valence-corrected chi connectivity index (χ1v) is 12.9. The highest BCUT2D eigenvalue weighted by Gasteiger charge is 2.45. The number of ether oxygens (including phenoxy) is 1. The summed E-state index contributed by atoms with van der Waals surface area (Å²) < 4.78 is 3.24. The number of fused-ring (bicyclic) bond motifs is 1. The number of halogens is 3. The molecule has 8 nitrogen and oxygen atoms in total. The van der Waals surface area contributed by atoms with Gasteiger partial charge < -0.3 is 20.8 Å². The van der Waals surface area contributed by atoms with E-state index in [1.54, 1.807) is 19.2 Å². The van der Waals surface area contributed by atoms with E-state index in [1.165, 1.54) is 13.8 Å². The number of Topliss-reactive ketones (excluding diaryl/α,β-unsaturated/α-hetero) is 1. The van der Waals surface area contributed by atoms with Gasteiger partial charge >= 0.3 is 6.09 Å². The molecule has 0 saturated carbocycles. The monoisotopic (exact) mass is 568 g/mol. The largest absolute Gasteiger partial charge is 0.439 e. The van der Waals surface area contributed by atoms with Crippen LogP contribution in [-0.2, 0) is 20.7 Å². The topological polar surface area (TPSA) is 126 Å². The lowest BCUT2D eigenvalue weighted by molar-refractivity contribution is -0.129. The molecule has 1 aliphatic carbocycles. The Morgan fingerprint density at radius 1 is 1.19 bits per heavy atom. The van der Waals surface area contributed by atoms with Crippen LogP contribution in [0.1, 0.15) is 32.3 Å². The Kier molecular flexibility index (Phi) is 9.14. The van der Waals surface area contributed by atoms with Crippen molar-refractivity contribution in [1.82, 2.24) is 15.6 Å². The Hall–Kier alpha value is -2.36. The van der Waals surface area contributed by atoms with E-state index in [-0.39, 0.29) is 12.2 Å². The Labute approximate surface area is 230 Å². The number of benzene rings is 1. The Morgan fingerprint density at radius 2 is 1.89 bits per heavy atom. The number of amides is 2. The van der Waals surface area contributed by atoms with E-state index in [1.807, 2.05) is 42.6 Å². The van der Waals surface area contributed by atoms with Crippen molar-refractivity contribution in [2.75, 3.05) is 7.05 Å². The third-order valence-electron chi connectivity index (χ3n) is 6.58. The number of nitrogens with two attached hydrogens (primary N) is 1. The van der Waals surface area contributed by atoms with Crippen molar-refractivity contribution in [2.45, 2.75) is 54.6 Å². The highest BCUT2D eigenvalue weighted by molar-refractivity contribution is 6.68. The second-order valence-corrected chi connectivity index (χ2v) is 11.9. The fourth-order valence-electron chi connectivity index (χ4n) is 4.29. The second-order valence-electron chi connectivity index (χ2n) is 9.61. The van der Waals surface area contributed by atoms with Gasteiger partial charge in [-0.2, -0.15) is 0 Å². The standard InChI is InChI=1S/C26H31Cl3N4O4/c1-24(2,26(27,28)29)37-23(36)33-22(35)20(31-3)14-25(11-7-4-8-12-25)21(34)18(30)13-16-15-32-19-10-6-5-9-17(16)19/h4-11,15,18,20,31-32H,12-14,30H2,1-3H3,(H,33,35,36)/t18-,20?,25?/m0/s1. The number of allylic oxidation sites excluding steroid dienone is 4. The molecule has 5 N–H and O–H groups in total. The average Bonchev–Trinajstić information content (AvgIpc) is 3.24. The van der Waals surface area contributed by atoms with Gasteiger partial charge in [-0.3, -0.25) is 14.9 Å². The Morgan fingerprint density at radius 3 is 2.51 bits per heavy atom. The number of likely N-dealkylation sites (N-methyl/N-ethyl adjacent to an activating group) is 1. The van der Waals surface area contributed by atoms with E-state index >= 15 is 0 Å². The highest BCUT2D eigenvalue weighted by Crippen LogP contribution is 2.40. The van der Waals surface area contributed by atoms with Gasteiger partial charge in [-0.1, -0.05) is 77.3 Å². The normalized spacial score (nSPS) is 19.4. The molecule has 0 fully saturated rings. The molecular formula is C26H31Cl3N4O4. The maximum absolute atomic E-state index is 13.8. The number of para-hydroxylation sites is 1. The quantitative estimate of drug-likeness (QED) is 0.330. The van der Waals surface area contributed by atoms with Crippen molar-refractivity contribution in [3.8, 4) is 0 Å². The van der Waals surface area contributed by atoms with Gasteiger partial charge in [-0.25, -0.2) is 4.79 Å². The molecule has 1 aliphatic rings. The van der Waals surface area contributed by atoms with Crippen molar-refractivity contribution >= 4 is 63.5 Å². The average molecular weight is 570 g/mol. The van der Waals surface area contributed by atoms with Crippen molar-refractivity contribution in [1.29, 1.82) is 0 Å². The summed E-state index contributed by atoms with van der Waals surface area (Å²) in [5.74, 6) is -0.890. The van der Waals surface area contributed by atoms with Crippen LogP contribution >= 0.6 is 34.8 Å². The minimum Gasteiger partial charge on any atom is -0.439 e. The second kappa shape index (κ2) is 11.6. The molecule has 0 bridgehead atoms. The van der Waals surface area contributed by atoms with E-state index in [2.05, 4.69) is 15.6 Å². The number of alkyl halides is 3. The van der Waals surface area contributed by atoms with Gasteiger partial charge in [-0.05, 0) is 51.8 Å². The molecule has 1 heterocycles. The number of carbonyl (C=O) groups is 3. The van der Waals surface area contributed by atoms with E-state index in [0.29, 0.717) is 12.8 Å². The van der Waals surface area contributed by atoms with E-state index in [9.17, 15) is 14.4 Å². The maximum atomic E-state index is 13.8. The first-order chi connectivity index (χ1) is 17.3. The van der Waals surface area contributed by atoms with Crippen LogP contribution in [0.5, 0.6) is 0 Å². The SMILES string of the molecule is CNC(CC1(C(=O)[C@@H](N)Cc2c[nH]c3ccccc23)C=CC=CC1)C(=O)NC(=O)OC(C)(C)C(Cl)(Cl)Cl. The van der Waals surface area contributed by atoms with Gasteiger partial charge in [0, 0.05) is 17.1 Å². The summed E-state index contributed by atoms with van der Waals surface area (Å²) in [7, 11) is 1.56. The molecule has 1 aromatic carbocycles. The van der Waals surface area contributed by atoms with Gasteiger partial charge in [0.15, 0.2) is 11.4 Å². The lowest BCUT2D eigenvalue weighted by Crippen LogP contribution is -2.53. The first-order valence-electron chi connectivity index (χ1n) is 11.8. The lowest BCUT2D eigenvalue weighted by Gasteiger charge is -2.35. The van der Waals surface area contributed by atoms with E-state index < -0.39 is 38.9 Å². The summed E-state index contributed by atoms with van der Waals surface area (Å²) in [5, 5.41) is 6.05. The third kappa shape index (κ3) is 6.75. The fourth-order valence-corrected chi connectivity index (χ4v) is 4.41. The molecule has 0 aliphatic heterocycles. The Bertz CT molecular complexity index is 1220. The van der Waals surface area contributed by atoms with E-state index in [4.69, 9.17) is 45.3 Å².